The molecule has 2 unspecified atom stereocenters. The molecule has 1 aliphatic heterocycles. The van der Waals surface area contributed by atoms with Crippen molar-refractivity contribution < 1.29 is 14.6 Å². The quantitative estimate of drug-likeness (QED) is 0.736. The highest BCUT2D eigenvalue weighted by molar-refractivity contribution is 6.42. The summed E-state index contributed by atoms with van der Waals surface area (Å²) in [5.41, 5.74) is 0. The van der Waals surface area contributed by atoms with Crippen LogP contribution in [0.1, 0.15) is 19.3 Å². The van der Waals surface area contributed by atoms with E-state index >= 15 is 0 Å². The molecule has 22 heavy (non-hydrogen) atoms. The van der Waals surface area contributed by atoms with Crippen LogP contribution in [0.15, 0.2) is 18.2 Å². The van der Waals surface area contributed by atoms with Crippen molar-refractivity contribution >= 4 is 29.1 Å². The van der Waals surface area contributed by atoms with Crippen LogP contribution in [0.3, 0.4) is 0 Å². The van der Waals surface area contributed by atoms with Gasteiger partial charge in [-0.3, -0.25) is 4.79 Å². The molecule has 0 radical (unpaired) electrons. The Kier molecular flexibility index (Phi) is 6.76. The number of halogens is 2. The molecule has 0 spiro atoms. The third-order valence-electron chi connectivity index (χ3n) is 3.49. The summed E-state index contributed by atoms with van der Waals surface area (Å²) in [6.07, 6.45) is 2.16. The van der Waals surface area contributed by atoms with Crippen molar-refractivity contribution in [1.29, 1.82) is 0 Å². The number of carbonyl (C=O) groups is 1. The topological polar surface area (TPSA) is 70.6 Å². The third kappa shape index (κ3) is 5.02. The number of aliphatic hydroxyl groups is 1. The van der Waals surface area contributed by atoms with Crippen LogP contribution in [0.5, 0.6) is 5.75 Å². The van der Waals surface area contributed by atoms with Crippen molar-refractivity contribution in [3.05, 3.63) is 28.2 Å². The number of hydrogen-bond acceptors (Lipinski definition) is 4. The summed E-state index contributed by atoms with van der Waals surface area (Å²) < 4.78 is 5.42. The fourth-order valence-electron chi connectivity index (χ4n) is 2.26. The molecule has 7 heteroatoms. The van der Waals surface area contributed by atoms with Crippen molar-refractivity contribution in [2.24, 2.45) is 0 Å². The predicted molar refractivity (Wildman–Crippen MR) is 86.6 cm³/mol. The second-order valence-electron chi connectivity index (χ2n) is 5.26. The van der Waals surface area contributed by atoms with Crippen molar-refractivity contribution in [2.45, 2.75) is 31.4 Å². The average molecular weight is 347 g/mol. The first-order chi connectivity index (χ1) is 10.6. The Bertz CT molecular complexity index is 508. The molecule has 0 aliphatic carbocycles. The highest BCUT2D eigenvalue weighted by Gasteiger charge is 2.20. The molecule has 0 aromatic heterocycles. The summed E-state index contributed by atoms with van der Waals surface area (Å²) in [6, 6.07) is 4.88. The van der Waals surface area contributed by atoms with E-state index < -0.39 is 6.10 Å². The molecule has 1 heterocycles. The number of carbonyl (C=O) groups excluding carboxylic acids is 1. The van der Waals surface area contributed by atoms with Gasteiger partial charge in [-0.2, -0.15) is 0 Å². The SMILES string of the molecule is O=C(NCC(O)COc1cccc(Cl)c1Cl)C1CCCCN1. The van der Waals surface area contributed by atoms with E-state index in [1.54, 1.807) is 18.2 Å². The number of ether oxygens (including phenoxy) is 1. The normalized spacial score (nSPS) is 19.5. The van der Waals surface area contributed by atoms with Gasteiger partial charge in [-0.05, 0) is 31.5 Å². The van der Waals surface area contributed by atoms with Crippen LogP contribution in [0.4, 0.5) is 0 Å². The van der Waals surface area contributed by atoms with Crippen molar-refractivity contribution in [3.8, 4) is 5.75 Å². The van der Waals surface area contributed by atoms with Gasteiger partial charge < -0.3 is 20.5 Å². The minimum atomic E-state index is -0.817. The van der Waals surface area contributed by atoms with Gasteiger partial charge in [0.15, 0.2) is 0 Å². The molecule has 1 aliphatic rings. The van der Waals surface area contributed by atoms with E-state index in [-0.39, 0.29) is 25.1 Å². The fraction of sp³-hybridized carbons (Fsp3) is 0.533. The molecule has 1 saturated heterocycles. The summed E-state index contributed by atoms with van der Waals surface area (Å²) in [5, 5.41) is 16.5. The Balaban J connectivity index is 1.72. The van der Waals surface area contributed by atoms with Gasteiger partial charge in [0.05, 0.1) is 11.1 Å². The van der Waals surface area contributed by atoms with Gasteiger partial charge >= 0.3 is 0 Å². The van der Waals surface area contributed by atoms with E-state index in [9.17, 15) is 9.90 Å². The van der Waals surface area contributed by atoms with E-state index in [0.29, 0.717) is 15.8 Å². The summed E-state index contributed by atoms with van der Waals surface area (Å²) >= 11 is 11.9. The minimum Gasteiger partial charge on any atom is -0.489 e. The third-order valence-corrected chi connectivity index (χ3v) is 4.29. The number of rotatable bonds is 6. The molecule has 1 aromatic rings. The zero-order valence-electron chi connectivity index (χ0n) is 12.1. The van der Waals surface area contributed by atoms with Crippen LogP contribution in [0, 0.1) is 0 Å². The van der Waals surface area contributed by atoms with Crippen LogP contribution in [-0.4, -0.2) is 42.9 Å². The Morgan fingerprint density at radius 3 is 3.00 bits per heavy atom. The van der Waals surface area contributed by atoms with Crippen LogP contribution in [-0.2, 0) is 4.79 Å². The molecular formula is C15H20Cl2N2O3. The highest BCUT2D eigenvalue weighted by Crippen LogP contribution is 2.31. The lowest BCUT2D eigenvalue weighted by Gasteiger charge is -2.23. The van der Waals surface area contributed by atoms with E-state index in [1.165, 1.54) is 0 Å². The summed E-state index contributed by atoms with van der Waals surface area (Å²) in [5.74, 6) is 0.327. The number of piperidine rings is 1. The lowest BCUT2D eigenvalue weighted by Crippen LogP contribution is -2.48. The second-order valence-corrected chi connectivity index (χ2v) is 6.05. The Hall–Kier alpha value is -1.01. The molecule has 2 rings (SSSR count). The number of amides is 1. The second kappa shape index (κ2) is 8.58. The molecule has 3 N–H and O–H groups in total. The summed E-state index contributed by atoms with van der Waals surface area (Å²) in [4.78, 5) is 11.9. The van der Waals surface area contributed by atoms with Gasteiger partial charge in [0.25, 0.3) is 0 Å². The lowest BCUT2D eigenvalue weighted by molar-refractivity contribution is -0.124. The monoisotopic (exact) mass is 346 g/mol. The van der Waals surface area contributed by atoms with Crippen molar-refractivity contribution in [2.75, 3.05) is 19.7 Å². The van der Waals surface area contributed by atoms with E-state index in [1.807, 2.05) is 0 Å². The Morgan fingerprint density at radius 1 is 1.45 bits per heavy atom. The number of hydrogen-bond donors (Lipinski definition) is 3. The minimum absolute atomic E-state index is 0.0262. The first-order valence-corrected chi connectivity index (χ1v) is 8.09. The number of nitrogens with one attached hydrogen (secondary N) is 2. The maximum atomic E-state index is 11.9. The smallest absolute Gasteiger partial charge is 0.237 e. The summed E-state index contributed by atoms with van der Waals surface area (Å²) in [6.45, 7) is 1.02. The molecule has 1 aromatic carbocycles. The van der Waals surface area contributed by atoms with Crippen molar-refractivity contribution in [1.82, 2.24) is 10.6 Å². The molecule has 122 valence electrons. The van der Waals surface area contributed by atoms with Crippen molar-refractivity contribution in [3.63, 3.8) is 0 Å². The molecule has 5 nitrogen and oxygen atoms in total. The maximum Gasteiger partial charge on any atom is 0.237 e. The van der Waals surface area contributed by atoms with Gasteiger partial charge in [-0.1, -0.05) is 35.7 Å². The van der Waals surface area contributed by atoms with Gasteiger partial charge in [-0.15, -0.1) is 0 Å². The molecule has 2 atom stereocenters. The zero-order valence-corrected chi connectivity index (χ0v) is 13.7. The van der Waals surface area contributed by atoms with E-state index in [2.05, 4.69) is 10.6 Å². The fourth-order valence-corrected chi connectivity index (χ4v) is 2.60. The Labute approximate surface area is 139 Å². The molecule has 1 fully saturated rings. The Morgan fingerprint density at radius 2 is 2.27 bits per heavy atom. The van der Waals surface area contributed by atoms with Gasteiger partial charge in [0.1, 0.15) is 23.5 Å². The summed E-state index contributed by atoms with van der Waals surface area (Å²) in [7, 11) is 0. The first-order valence-electron chi connectivity index (χ1n) is 7.34. The predicted octanol–water partition coefficient (Wildman–Crippen LogP) is 1.99. The van der Waals surface area contributed by atoms with E-state index in [0.717, 1.165) is 25.8 Å². The standard InChI is InChI=1S/C15H20Cl2N2O3/c16-11-4-3-6-13(14(11)17)22-9-10(20)8-19-15(21)12-5-1-2-7-18-12/h3-4,6,10,12,18,20H,1-2,5,7-9H2,(H,19,21). The maximum absolute atomic E-state index is 11.9. The van der Waals surface area contributed by atoms with Gasteiger partial charge in [0, 0.05) is 6.54 Å². The first kappa shape index (κ1) is 17.3. The average Bonchev–Trinajstić information content (AvgIpc) is 2.54. The van der Waals surface area contributed by atoms with Gasteiger partial charge in [0.2, 0.25) is 5.91 Å². The largest absolute Gasteiger partial charge is 0.489 e. The highest BCUT2D eigenvalue weighted by atomic mass is 35.5. The van der Waals surface area contributed by atoms with Crippen LogP contribution in [0.2, 0.25) is 10.0 Å². The molecular weight excluding hydrogens is 327 g/mol. The molecule has 0 bridgehead atoms. The van der Waals surface area contributed by atoms with Crippen LogP contribution < -0.4 is 15.4 Å². The molecule has 0 saturated carbocycles. The van der Waals surface area contributed by atoms with Gasteiger partial charge in [-0.25, -0.2) is 0 Å². The number of aliphatic hydroxyl groups excluding tert-OH is 1. The molecule has 1 amide bonds. The number of benzene rings is 1. The zero-order chi connectivity index (χ0) is 15.9. The lowest BCUT2D eigenvalue weighted by atomic mass is 10.0. The van der Waals surface area contributed by atoms with Crippen LogP contribution in [0.25, 0.3) is 0 Å². The van der Waals surface area contributed by atoms with E-state index in [4.69, 9.17) is 27.9 Å². The van der Waals surface area contributed by atoms with Crippen LogP contribution >= 0.6 is 23.2 Å².